The van der Waals surface area contributed by atoms with Gasteiger partial charge in [-0.25, -0.2) is 13.1 Å². The predicted octanol–water partition coefficient (Wildman–Crippen LogP) is -0.668. The van der Waals surface area contributed by atoms with Crippen LogP contribution in [0.3, 0.4) is 0 Å². The summed E-state index contributed by atoms with van der Waals surface area (Å²) in [7, 11) is -3.96. The zero-order chi connectivity index (χ0) is 12.8. The molecule has 0 bridgehead atoms. The predicted molar refractivity (Wildman–Crippen MR) is 55.3 cm³/mol. The van der Waals surface area contributed by atoms with Gasteiger partial charge in [-0.15, -0.1) is 0 Å². The van der Waals surface area contributed by atoms with Crippen molar-refractivity contribution in [3.05, 3.63) is 0 Å². The van der Waals surface area contributed by atoms with Crippen LogP contribution in [0.15, 0.2) is 0 Å². The Balaban J connectivity index is 4.45. The summed E-state index contributed by atoms with van der Waals surface area (Å²) in [5, 5.41) is 8.63. The molecule has 7 nitrogen and oxygen atoms in total. The second-order valence-electron chi connectivity index (χ2n) is 2.98. The summed E-state index contributed by atoms with van der Waals surface area (Å²) in [6.07, 6.45) is 0.0946. The van der Waals surface area contributed by atoms with Crippen molar-refractivity contribution in [3.63, 3.8) is 0 Å². The van der Waals surface area contributed by atoms with Crippen LogP contribution in [0.25, 0.3) is 0 Å². The first-order valence-electron chi connectivity index (χ1n) is 4.70. The van der Waals surface area contributed by atoms with Crippen LogP contribution in [0, 0.1) is 0 Å². The molecule has 0 heterocycles. The number of nitrogens with one attached hydrogen (secondary N) is 1. The molecular weight excluding hydrogens is 238 g/mol. The number of ether oxygens (including phenoxy) is 1. The number of esters is 1. The van der Waals surface area contributed by atoms with Crippen LogP contribution in [-0.4, -0.2) is 43.9 Å². The third-order valence-electron chi connectivity index (χ3n) is 1.64. The summed E-state index contributed by atoms with van der Waals surface area (Å²) in [6.45, 7) is 3.14. The van der Waals surface area contributed by atoms with Crippen LogP contribution in [-0.2, 0) is 24.3 Å². The number of carbonyl (C=O) groups excluding carboxylic acids is 1. The summed E-state index contributed by atoms with van der Waals surface area (Å²) in [6, 6.07) is -1.22. The summed E-state index contributed by atoms with van der Waals surface area (Å²) >= 11 is 0. The lowest BCUT2D eigenvalue weighted by molar-refractivity contribution is -0.141. The van der Waals surface area contributed by atoms with E-state index in [9.17, 15) is 18.0 Å². The number of aliphatic carboxylic acids is 1. The van der Waals surface area contributed by atoms with Gasteiger partial charge in [0.25, 0.3) is 0 Å². The van der Waals surface area contributed by atoms with Crippen molar-refractivity contribution < 1.29 is 27.9 Å². The Bertz CT molecular complexity index is 350. The van der Waals surface area contributed by atoms with Crippen LogP contribution < -0.4 is 4.72 Å². The van der Waals surface area contributed by atoms with Gasteiger partial charge in [0.15, 0.2) is 5.75 Å². The lowest BCUT2D eigenvalue weighted by Crippen LogP contribution is -2.42. The highest BCUT2D eigenvalue weighted by atomic mass is 32.2. The van der Waals surface area contributed by atoms with Crippen molar-refractivity contribution in [3.8, 4) is 0 Å². The fourth-order valence-electron chi connectivity index (χ4n) is 0.925. The van der Waals surface area contributed by atoms with Crippen LogP contribution in [0.5, 0.6) is 0 Å². The molecule has 0 radical (unpaired) electrons. The summed E-state index contributed by atoms with van der Waals surface area (Å²) in [4.78, 5) is 21.5. The first-order chi connectivity index (χ1) is 7.32. The van der Waals surface area contributed by atoms with Gasteiger partial charge in [0.2, 0.25) is 10.0 Å². The molecule has 2 N–H and O–H groups in total. The van der Waals surface area contributed by atoms with Crippen LogP contribution >= 0.6 is 0 Å². The van der Waals surface area contributed by atoms with Gasteiger partial charge < -0.3 is 9.84 Å². The molecule has 0 amide bonds. The van der Waals surface area contributed by atoms with Gasteiger partial charge in [0.1, 0.15) is 6.04 Å². The molecule has 1 atom stereocenters. The highest BCUT2D eigenvalue weighted by Crippen LogP contribution is 1.96. The molecule has 0 aliphatic carbocycles. The van der Waals surface area contributed by atoms with Crippen molar-refractivity contribution in [2.45, 2.75) is 26.3 Å². The topological polar surface area (TPSA) is 110 Å². The minimum atomic E-state index is -3.96. The van der Waals surface area contributed by atoms with E-state index in [2.05, 4.69) is 4.74 Å². The zero-order valence-electron chi connectivity index (χ0n) is 9.10. The van der Waals surface area contributed by atoms with Crippen molar-refractivity contribution in [2.75, 3.05) is 12.4 Å². The van der Waals surface area contributed by atoms with E-state index in [1.54, 1.807) is 6.92 Å². The van der Waals surface area contributed by atoms with Gasteiger partial charge in [-0.2, -0.15) is 0 Å². The van der Waals surface area contributed by atoms with E-state index >= 15 is 0 Å². The van der Waals surface area contributed by atoms with Crippen LogP contribution in [0.2, 0.25) is 0 Å². The molecule has 16 heavy (non-hydrogen) atoms. The lowest BCUT2D eigenvalue weighted by Gasteiger charge is -2.11. The summed E-state index contributed by atoms with van der Waals surface area (Å²) < 4.78 is 29.0. The molecule has 94 valence electrons. The van der Waals surface area contributed by atoms with Crippen LogP contribution in [0.4, 0.5) is 0 Å². The summed E-state index contributed by atoms with van der Waals surface area (Å²) in [5.41, 5.74) is 0. The minimum absolute atomic E-state index is 0.0739. The molecule has 0 saturated heterocycles. The average Bonchev–Trinajstić information content (AvgIpc) is 2.13. The normalized spacial score (nSPS) is 13.1. The number of sulfonamides is 1. The Morgan fingerprint density at radius 1 is 1.38 bits per heavy atom. The average molecular weight is 253 g/mol. The number of hydrogen-bond acceptors (Lipinski definition) is 5. The van der Waals surface area contributed by atoms with E-state index in [-0.39, 0.29) is 13.0 Å². The number of hydrogen-bond donors (Lipinski definition) is 2. The van der Waals surface area contributed by atoms with E-state index in [1.165, 1.54) is 6.92 Å². The van der Waals surface area contributed by atoms with Gasteiger partial charge in [0, 0.05) is 0 Å². The summed E-state index contributed by atoms with van der Waals surface area (Å²) in [5.74, 6) is -3.06. The Kier molecular flexibility index (Phi) is 5.97. The molecule has 0 aromatic carbocycles. The Labute approximate surface area is 93.8 Å². The largest absolute Gasteiger partial charge is 0.480 e. The fraction of sp³-hybridized carbons (Fsp3) is 0.750. The molecule has 0 aromatic heterocycles. The third kappa shape index (κ3) is 5.66. The highest BCUT2D eigenvalue weighted by molar-refractivity contribution is 7.90. The van der Waals surface area contributed by atoms with Gasteiger partial charge >= 0.3 is 11.9 Å². The Morgan fingerprint density at radius 3 is 2.31 bits per heavy atom. The number of rotatable bonds is 7. The second-order valence-corrected chi connectivity index (χ2v) is 4.73. The van der Waals surface area contributed by atoms with E-state index in [1.807, 2.05) is 4.72 Å². The van der Waals surface area contributed by atoms with Crippen molar-refractivity contribution >= 4 is 22.0 Å². The van der Waals surface area contributed by atoms with Crippen molar-refractivity contribution in [1.29, 1.82) is 0 Å². The van der Waals surface area contributed by atoms with E-state index in [4.69, 9.17) is 5.11 Å². The zero-order valence-corrected chi connectivity index (χ0v) is 9.91. The number of carboxylic acid groups (broad SMARTS) is 1. The van der Waals surface area contributed by atoms with Crippen LogP contribution in [0.1, 0.15) is 20.3 Å². The smallest absolute Gasteiger partial charge is 0.322 e. The SMILES string of the molecule is CCOC(=O)CS(=O)(=O)NC(CC)C(=O)O. The Morgan fingerprint density at radius 2 is 1.94 bits per heavy atom. The molecule has 8 heteroatoms. The van der Waals surface area contributed by atoms with Gasteiger partial charge in [-0.3, -0.25) is 9.59 Å². The van der Waals surface area contributed by atoms with E-state index in [0.717, 1.165) is 0 Å². The quantitative estimate of drug-likeness (QED) is 0.582. The van der Waals surface area contributed by atoms with Gasteiger partial charge in [-0.1, -0.05) is 6.92 Å². The molecule has 0 aliphatic rings. The maximum Gasteiger partial charge on any atom is 0.322 e. The molecule has 0 rings (SSSR count). The standard InChI is InChI=1S/C8H15NO6S/c1-3-6(8(11)12)9-16(13,14)5-7(10)15-4-2/h6,9H,3-5H2,1-2H3,(H,11,12). The van der Waals surface area contributed by atoms with E-state index in [0.29, 0.717) is 0 Å². The van der Waals surface area contributed by atoms with Crippen molar-refractivity contribution in [1.82, 2.24) is 4.72 Å². The molecule has 0 saturated carbocycles. The Hall–Kier alpha value is -1.15. The number of carbonyl (C=O) groups is 2. The maximum atomic E-state index is 11.3. The number of carboxylic acids is 1. The molecule has 1 unspecified atom stereocenters. The molecule has 0 fully saturated rings. The highest BCUT2D eigenvalue weighted by Gasteiger charge is 2.24. The molecule has 0 spiro atoms. The third-order valence-corrected chi connectivity index (χ3v) is 2.90. The van der Waals surface area contributed by atoms with Gasteiger partial charge in [0.05, 0.1) is 6.61 Å². The molecule has 0 aromatic rings. The van der Waals surface area contributed by atoms with Crippen molar-refractivity contribution in [2.24, 2.45) is 0 Å². The fourth-order valence-corrected chi connectivity index (χ4v) is 2.10. The van der Waals surface area contributed by atoms with E-state index < -0.39 is 33.8 Å². The maximum absolute atomic E-state index is 11.3. The second kappa shape index (κ2) is 6.44. The molecular formula is C8H15NO6S. The van der Waals surface area contributed by atoms with Gasteiger partial charge in [-0.05, 0) is 13.3 Å². The lowest BCUT2D eigenvalue weighted by atomic mass is 10.2. The first-order valence-corrected chi connectivity index (χ1v) is 6.36. The first kappa shape index (κ1) is 14.8. The monoisotopic (exact) mass is 253 g/mol. The molecule has 0 aliphatic heterocycles. The minimum Gasteiger partial charge on any atom is -0.480 e.